The van der Waals surface area contributed by atoms with Crippen molar-refractivity contribution < 1.29 is 18.5 Å². The van der Waals surface area contributed by atoms with Crippen LogP contribution in [-0.4, -0.2) is 10.8 Å². The summed E-state index contributed by atoms with van der Waals surface area (Å²) in [5, 5.41) is 14.0. The summed E-state index contributed by atoms with van der Waals surface area (Å²) in [6.45, 7) is 0. The van der Waals surface area contributed by atoms with E-state index in [1.165, 1.54) is 60.7 Å². The zero-order valence-corrected chi connectivity index (χ0v) is 14.1. The Hall–Kier alpha value is -4.07. The van der Waals surface area contributed by atoms with E-state index in [2.05, 4.69) is 5.32 Å². The minimum atomic E-state index is -0.694. The fourth-order valence-electron chi connectivity index (χ4n) is 2.94. The molecular weight excluding hydrogens is 367 g/mol. The van der Waals surface area contributed by atoms with Gasteiger partial charge in [0.2, 0.25) is 5.43 Å². The molecule has 0 radical (unpaired) electrons. The fourth-order valence-corrected chi connectivity index (χ4v) is 2.94. The smallest absolute Gasteiger partial charge is 0.282 e. The van der Waals surface area contributed by atoms with Gasteiger partial charge in [-0.25, -0.2) is 4.39 Å². The molecule has 0 aliphatic rings. The summed E-state index contributed by atoms with van der Waals surface area (Å²) < 4.78 is 19.5. The number of nitro benzene ring substituents is 1. The van der Waals surface area contributed by atoms with Crippen LogP contribution in [0.1, 0.15) is 10.4 Å². The van der Waals surface area contributed by atoms with E-state index in [4.69, 9.17) is 4.42 Å². The van der Waals surface area contributed by atoms with Crippen molar-refractivity contribution in [1.29, 1.82) is 0 Å². The Kier molecular flexibility index (Phi) is 4.08. The van der Waals surface area contributed by atoms with E-state index in [1.54, 1.807) is 0 Å². The van der Waals surface area contributed by atoms with Gasteiger partial charge in [-0.15, -0.1) is 0 Å². The Morgan fingerprint density at radius 2 is 1.82 bits per heavy atom. The summed E-state index contributed by atoms with van der Waals surface area (Å²) in [6.07, 6.45) is 0. The molecule has 1 amide bonds. The number of hydrogen-bond donors (Lipinski definition) is 1. The molecule has 4 rings (SSSR count). The van der Waals surface area contributed by atoms with Gasteiger partial charge in [-0.1, -0.05) is 18.2 Å². The van der Waals surface area contributed by atoms with Crippen LogP contribution in [0.15, 0.2) is 69.9 Å². The molecule has 1 heterocycles. The highest BCUT2D eigenvalue weighted by molar-refractivity contribution is 6.07. The Morgan fingerprint density at radius 1 is 1.04 bits per heavy atom. The number of anilines is 1. The number of halogens is 1. The van der Waals surface area contributed by atoms with Gasteiger partial charge < -0.3 is 9.73 Å². The molecule has 0 atom stereocenters. The van der Waals surface area contributed by atoms with Crippen LogP contribution in [0.4, 0.5) is 15.8 Å². The first-order chi connectivity index (χ1) is 13.5. The summed E-state index contributed by atoms with van der Waals surface area (Å²) in [7, 11) is 0. The third kappa shape index (κ3) is 2.86. The zero-order valence-electron chi connectivity index (χ0n) is 14.1. The van der Waals surface area contributed by atoms with Crippen molar-refractivity contribution in [2.45, 2.75) is 0 Å². The average Bonchev–Trinajstić information content (AvgIpc) is 2.69. The number of fused-ring (bicyclic) bond motifs is 2. The molecule has 1 aromatic heterocycles. The van der Waals surface area contributed by atoms with Gasteiger partial charge in [0, 0.05) is 17.8 Å². The summed E-state index contributed by atoms with van der Waals surface area (Å²) >= 11 is 0. The van der Waals surface area contributed by atoms with Crippen molar-refractivity contribution in [2.24, 2.45) is 0 Å². The highest BCUT2D eigenvalue weighted by atomic mass is 19.1. The summed E-state index contributed by atoms with van der Waals surface area (Å²) in [5.74, 6) is -1.37. The van der Waals surface area contributed by atoms with E-state index in [9.17, 15) is 24.1 Å². The molecule has 0 bridgehead atoms. The first-order valence-electron chi connectivity index (χ1n) is 8.15. The summed E-state index contributed by atoms with van der Waals surface area (Å²) in [6, 6.07) is 13.9. The van der Waals surface area contributed by atoms with Crippen molar-refractivity contribution in [3.05, 3.63) is 92.4 Å². The molecule has 0 saturated heterocycles. The van der Waals surface area contributed by atoms with E-state index >= 15 is 0 Å². The van der Waals surface area contributed by atoms with Crippen LogP contribution in [0.5, 0.6) is 0 Å². The van der Waals surface area contributed by atoms with Gasteiger partial charge in [-0.2, -0.15) is 0 Å². The molecule has 0 aliphatic carbocycles. The zero-order chi connectivity index (χ0) is 19.8. The standard InChI is InChI=1S/C20H11FN2O5/c21-15-6-3-5-14-18(24)13-9-8-11(10-17(13)28-19(14)15)22-20(25)12-4-1-2-7-16(12)23(26)27/h1-10H,(H,22,25). The number of nitrogens with one attached hydrogen (secondary N) is 1. The lowest BCUT2D eigenvalue weighted by molar-refractivity contribution is -0.385. The molecule has 1 N–H and O–H groups in total. The van der Waals surface area contributed by atoms with Gasteiger partial charge >= 0.3 is 0 Å². The Balaban J connectivity index is 1.77. The number of amides is 1. The van der Waals surface area contributed by atoms with Crippen LogP contribution < -0.4 is 10.7 Å². The predicted octanol–water partition coefficient (Wildman–Crippen LogP) is 4.25. The second kappa shape index (κ2) is 6.58. The molecule has 0 aliphatic heterocycles. The molecule has 0 spiro atoms. The van der Waals surface area contributed by atoms with Crippen molar-refractivity contribution >= 4 is 39.2 Å². The van der Waals surface area contributed by atoms with E-state index in [1.807, 2.05) is 0 Å². The molecule has 8 heteroatoms. The molecule has 4 aromatic rings. The normalized spacial score (nSPS) is 10.9. The van der Waals surface area contributed by atoms with Crippen LogP contribution in [0.25, 0.3) is 21.9 Å². The van der Waals surface area contributed by atoms with Crippen LogP contribution in [0, 0.1) is 15.9 Å². The Bertz CT molecular complexity index is 1330. The number of hydrogen-bond acceptors (Lipinski definition) is 5. The van der Waals surface area contributed by atoms with Crippen LogP contribution in [0.2, 0.25) is 0 Å². The lowest BCUT2D eigenvalue weighted by Gasteiger charge is -2.07. The van der Waals surface area contributed by atoms with E-state index in [-0.39, 0.29) is 38.9 Å². The maximum atomic E-state index is 14.0. The topological polar surface area (TPSA) is 102 Å². The predicted molar refractivity (Wildman–Crippen MR) is 101 cm³/mol. The second-order valence-corrected chi connectivity index (χ2v) is 5.99. The van der Waals surface area contributed by atoms with Crippen molar-refractivity contribution in [1.82, 2.24) is 0 Å². The fraction of sp³-hybridized carbons (Fsp3) is 0. The Morgan fingerprint density at radius 3 is 2.61 bits per heavy atom. The first-order valence-corrected chi connectivity index (χ1v) is 8.15. The van der Waals surface area contributed by atoms with Crippen molar-refractivity contribution in [3.8, 4) is 0 Å². The maximum absolute atomic E-state index is 14.0. The number of benzene rings is 3. The minimum Gasteiger partial charge on any atom is -0.453 e. The van der Waals surface area contributed by atoms with Gasteiger partial charge in [0.15, 0.2) is 11.4 Å². The maximum Gasteiger partial charge on any atom is 0.282 e. The largest absolute Gasteiger partial charge is 0.453 e. The molecule has 138 valence electrons. The van der Waals surface area contributed by atoms with Crippen LogP contribution in [0.3, 0.4) is 0 Å². The van der Waals surface area contributed by atoms with Gasteiger partial charge in [0.1, 0.15) is 11.1 Å². The molecule has 0 unspecified atom stereocenters. The number of para-hydroxylation sites is 2. The van der Waals surface area contributed by atoms with Gasteiger partial charge in [-0.05, 0) is 30.3 Å². The molecular formula is C20H11FN2O5. The number of carbonyl (C=O) groups is 1. The lowest BCUT2D eigenvalue weighted by Crippen LogP contribution is -2.14. The molecule has 28 heavy (non-hydrogen) atoms. The average molecular weight is 378 g/mol. The molecule has 7 nitrogen and oxygen atoms in total. The SMILES string of the molecule is O=C(Nc1ccc2c(=O)c3cccc(F)c3oc2c1)c1ccccc1[N+](=O)[O-]. The lowest BCUT2D eigenvalue weighted by atomic mass is 10.1. The van der Waals surface area contributed by atoms with Crippen LogP contribution in [-0.2, 0) is 0 Å². The monoisotopic (exact) mass is 378 g/mol. The molecule has 3 aromatic carbocycles. The number of nitrogens with zero attached hydrogens (tertiary/aromatic N) is 1. The minimum absolute atomic E-state index is 0.0861. The van der Waals surface area contributed by atoms with E-state index in [0.717, 1.165) is 0 Å². The van der Waals surface area contributed by atoms with Gasteiger partial charge in [-0.3, -0.25) is 19.7 Å². The Labute approximate surface area is 156 Å². The number of nitro groups is 1. The van der Waals surface area contributed by atoms with Crippen LogP contribution >= 0.6 is 0 Å². The highest BCUT2D eigenvalue weighted by Gasteiger charge is 2.19. The second-order valence-electron chi connectivity index (χ2n) is 5.99. The highest BCUT2D eigenvalue weighted by Crippen LogP contribution is 2.25. The third-order valence-corrected chi connectivity index (χ3v) is 4.25. The first kappa shape index (κ1) is 17.3. The summed E-state index contributed by atoms with van der Waals surface area (Å²) in [5.41, 5.74) is -0.689. The van der Waals surface area contributed by atoms with Crippen molar-refractivity contribution in [2.75, 3.05) is 5.32 Å². The summed E-state index contributed by atoms with van der Waals surface area (Å²) in [4.78, 5) is 35.4. The van der Waals surface area contributed by atoms with E-state index in [0.29, 0.717) is 0 Å². The van der Waals surface area contributed by atoms with Gasteiger partial charge in [0.25, 0.3) is 11.6 Å². The van der Waals surface area contributed by atoms with E-state index < -0.39 is 22.1 Å². The molecule has 0 fully saturated rings. The number of carbonyl (C=O) groups excluding carboxylic acids is 1. The third-order valence-electron chi connectivity index (χ3n) is 4.25. The van der Waals surface area contributed by atoms with Crippen molar-refractivity contribution in [3.63, 3.8) is 0 Å². The quantitative estimate of drug-likeness (QED) is 0.326. The van der Waals surface area contributed by atoms with Gasteiger partial charge in [0.05, 0.1) is 15.7 Å². The molecule has 0 saturated carbocycles. The number of rotatable bonds is 3.